The average molecular weight is 290 g/mol. The summed E-state index contributed by atoms with van der Waals surface area (Å²) < 4.78 is 5.76. The van der Waals surface area contributed by atoms with Gasteiger partial charge < -0.3 is 10.1 Å². The van der Waals surface area contributed by atoms with Gasteiger partial charge in [-0.25, -0.2) is 4.98 Å². The van der Waals surface area contributed by atoms with E-state index in [0.717, 1.165) is 22.9 Å². The zero-order chi connectivity index (χ0) is 14.5. The van der Waals surface area contributed by atoms with Gasteiger partial charge in [-0.05, 0) is 45.5 Å². The Balaban J connectivity index is 2.14. The van der Waals surface area contributed by atoms with Gasteiger partial charge in [-0.15, -0.1) is 11.3 Å². The summed E-state index contributed by atoms with van der Waals surface area (Å²) in [5.74, 6) is 0.923. The third-order valence-corrected chi connectivity index (χ3v) is 3.88. The van der Waals surface area contributed by atoms with Crippen LogP contribution in [-0.4, -0.2) is 18.1 Å². The standard InChI is InChI=1S/C16H22N2OS/c1-11(2)19-15-7-5-6-13(8-15)16(17-4)9-14-10-20-12(3)18-14/h5-8,10-11,16-17H,9H2,1-4H3. The van der Waals surface area contributed by atoms with E-state index in [9.17, 15) is 0 Å². The van der Waals surface area contributed by atoms with Crippen LogP contribution in [0.1, 0.15) is 36.2 Å². The summed E-state index contributed by atoms with van der Waals surface area (Å²) in [6.07, 6.45) is 1.09. The van der Waals surface area contributed by atoms with Crippen LogP contribution in [0.3, 0.4) is 0 Å². The highest BCUT2D eigenvalue weighted by Gasteiger charge is 2.13. The average Bonchev–Trinajstić information content (AvgIpc) is 2.81. The molecule has 0 aliphatic rings. The maximum absolute atomic E-state index is 5.76. The van der Waals surface area contributed by atoms with E-state index in [1.54, 1.807) is 11.3 Å². The Labute approximate surface area is 125 Å². The Kier molecular flexibility index (Phi) is 5.15. The molecule has 108 valence electrons. The first-order chi connectivity index (χ1) is 9.58. The molecule has 1 heterocycles. The lowest BCUT2D eigenvalue weighted by atomic mass is 10.0. The van der Waals surface area contributed by atoms with Gasteiger partial charge in [0.2, 0.25) is 0 Å². The summed E-state index contributed by atoms with van der Waals surface area (Å²) in [5.41, 5.74) is 2.37. The molecule has 1 unspecified atom stereocenters. The van der Waals surface area contributed by atoms with E-state index in [0.29, 0.717) is 0 Å². The fourth-order valence-corrected chi connectivity index (χ4v) is 2.80. The van der Waals surface area contributed by atoms with Crippen LogP contribution in [0.4, 0.5) is 0 Å². The molecule has 0 fully saturated rings. The molecule has 1 aromatic heterocycles. The molecular weight excluding hydrogens is 268 g/mol. The highest BCUT2D eigenvalue weighted by molar-refractivity contribution is 7.09. The Morgan fingerprint density at radius 1 is 1.35 bits per heavy atom. The summed E-state index contributed by atoms with van der Waals surface area (Å²) in [4.78, 5) is 4.54. The van der Waals surface area contributed by atoms with E-state index in [2.05, 4.69) is 27.8 Å². The number of hydrogen-bond acceptors (Lipinski definition) is 4. The van der Waals surface area contributed by atoms with E-state index in [1.807, 2.05) is 40.0 Å². The summed E-state index contributed by atoms with van der Waals surface area (Å²) >= 11 is 1.70. The van der Waals surface area contributed by atoms with Crippen molar-refractivity contribution in [1.82, 2.24) is 10.3 Å². The molecule has 1 aromatic carbocycles. The normalized spacial score (nSPS) is 12.7. The van der Waals surface area contributed by atoms with Crippen molar-refractivity contribution in [2.75, 3.05) is 7.05 Å². The molecule has 0 radical (unpaired) electrons. The monoisotopic (exact) mass is 290 g/mol. The van der Waals surface area contributed by atoms with Crippen molar-refractivity contribution in [3.05, 3.63) is 45.9 Å². The minimum atomic E-state index is 0.194. The van der Waals surface area contributed by atoms with Gasteiger partial charge in [0.25, 0.3) is 0 Å². The third-order valence-electron chi connectivity index (χ3n) is 3.06. The molecule has 4 heteroatoms. The summed E-state index contributed by atoms with van der Waals surface area (Å²) in [7, 11) is 1.99. The van der Waals surface area contributed by atoms with Crippen LogP contribution >= 0.6 is 11.3 Å². The number of rotatable bonds is 6. The second kappa shape index (κ2) is 6.86. The fourth-order valence-electron chi connectivity index (χ4n) is 2.17. The number of benzene rings is 1. The van der Waals surface area contributed by atoms with Gasteiger partial charge in [0.05, 0.1) is 16.8 Å². The Bertz CT molecular complexity index is 551. The van der Waals surface area contributed by atoms with Gasteiger partial charge >= 0.3 is 0 Å². The number of nitrogens with one attached hydrogen (secondary N) is 1. The number of aromatic nitrogens is 1. The van der Waals surface area contributed by atoms with Gasteiger partial charge in [0.1, 0.15) is 5.75 Å². The van der Waals surface area contributed by atoms with E-state index in [-0.39, 0.29) is 12.1 Å². The van der Waals surface area contributed by atoms with Gasteiger partial charge in [-0.1, -0.05) is 12.1 Å². The maximum atomic E-state index is 5.76. The first-order valence-electron chi connectivity index (χ1n) is 6.93. The predicted octanol–water partition coefficient (Wildman–Crippen LogP) is 3.74. The first kappa shape index (κ1) is 15.0. The molecule has 0 amide bonds. The quantitative estimate of drug-likeness (QED) is 0.880. The Morgan fingerprint density at radius 3 is 2.75 bits per heavy atom. The van der Waals surface area contributed by atoms with Gasteiger partial charge in [0, 0.05) is 17.8 Å². The van der Waals surface area contributed by atoms with Gasteiger partial charge in [0.15, 0.2) is 0 Å². The minimum Gasteiger partial charge on any atom is -0.491 e. The maximum Gasteiger partial charge on any atom is 0.120 e. The Morgan fingerprint density at radius 2 is 2.15 bits per heavy atom. The molecule has 1 atom stereocenters. The lowest BCUT2D eigenvalue weighted by molar-refractivity contribution is 0.242. The number of ether oxygens (including phenoxy) is 1. The van der Waals surface area contributed by atoms with Gasteiger partial charge in [-0.2, -0.15) is 0 Å². The van der Waals surface area contributed by atoms with Crippen molar-refractivity contribution in [3.63, 3.8) is 0 Å². The molecule has 0 bridgehead atoms. The molecule has 0 aliphatic carbocycles. The summed E-state index contributed by atoms with van der Waals surface area (Å²) in [5, 5.41) is 6.62. The van der Waals surface area contributed by atoms with Crippen molar-refractivity contribution in [1.29, 1.82) is 0 Å². The van der Waals surface area contributed by atoms with Crippen molar-refractivity contribution >= 4 is 11.3 Å². The zero-order valence-corrected chi connectivity index (χ0v) is 13.3. The lowest BCUT2D eigenvalue weighted by Gasteiger charge is -2.17. The largest absolute Gasteiger partial charge is 0.491 e. The van der Waals surface area contributed by atoms with Crippen LogP contribution < -0.4 is 10.1 Å². The van der Waals surface area contributed by atoms with Crippen molar-refractivity contribution in [3.8, 4) is 5.75 Å². The van der Waals surface area contributed by atoms with E-state index >= 15 is 0 Å². The van der Waals surface area contributed by atoms with E-state index < -0.39 is 0 Å². The molecule has 20 heavy (non-hydrogen) atoms. The van der Waals surface area contributed by atoms with Crippen LogP contribution in [0.2, 0.25) is 0 Å². The minimum absolute atomic E-state index is 0.194. The molecule has 0 saturated carbocycles. The summed E-state index contributed by atoms with van der Waals surface area (Å²) in [6, 6.07) is 8.55. The SMILES string of the molecule is CNC(Cc1csc(C)n1)c1cccc(OC(C)C)c1. The Hall–Kier alpha value is -1.39. The first-order valence-corrected chi connectivity index (χ1v) is 7.81. The molecule has 0 saturated heterocycles. The number of likely N-dealkylation sites (N-methyl/N-ethyl adjacent to an activating group) is 1. The lowest BCUT2D eigenvalue weighted by Crippen LogP contribution is -2.19. The fraction of sp³-hybridized carbons (Fsp3) is 0.438. The molecular formula is C16H22N2OS. The van der Waals surface area contributed by atoms with Crippen LogP contribution in [0.25, 0.3) is 0 Å². The molecule has 0 aliphatic heterocycles. The predicted molar refractivity (Wildman–Crippen MR) is 84.6 cm³/mol. The smallest absolute Gasteiger partial charge is 0.120 e. The number of hydrogen-bond donors (Lipinski definition) is 1. The van der Waals surface area contributed by atoms with E-state index in [4.69, 9.17) is 4.74 Å². The van der Waals surface area contributed by atoms with Crippen molar-refractivity contribution < 1.29 is 4.74 Å². The topological polar surface area (TPSA) is 34.2 Å². The van der Waals surface area contributed by atoms with Crippen LogP contribution in [-0.2, 0) is 6.42 Å². The molecule has 1 N–H and O–H groups in total. The number of aryl methyl sites for hydroxylation is 1. The second-order valence-electron chi connectivity index (χ2n) is 5.14. The highest BCUT2D eigenvalue weighted by Crippen LogP contribution is 2.23. The highest BCUT2D eigenvalue weighted by atomic mass is 32.1. The van der Waals surface area contributed by atoms with Crippen LogP contribution in [0.5, 0.6) is 5.75 Å². The molecule has 0 spiro atoms. The zero-order valence-electron chi connectivity index (χ0n) is 12.5. The van der Waals surface area contributed by atoms with Crippen LogP contribution in [0, 0.1) is 6.92 Å². The third kappa shape index (κ3) is 4.05. The van der Waals surface area contributed by atoms with Gasteiger partial charge in [-0.3, -0.25) is 0 Å². The molecule has 3 nitrogen and oxygen atoms in total. The van der Waals surface area contributed by atoms with Crippen LogP contribution in [0.15, 0.2) is 29.6 Å². The summed E-state index contributed by atoms with van der Waals surface area (Å²) in [6.45, 7) is 6.13. The molecule has 2 rings (SSSR count). The second-order valence-corrected chi connectivity index (χ2v) is 6.20. The number of thiazole rings is 1. The van der Waals surface area contributed by atoms with Crippen molar-refractivity contribution in [2.24, 2.45) is 0 Å². The van der Waals surface area contributed by atoms with E-state index in [1.165, 1.54) is 5.56 Å². The molecule has 2 aromatic rings. The van der Waals surface area contributed by atoms with Crippen molar-refractivity contribution in [2.45, 2.75) is 39.3 Å². The number of nitrogens with zero attached hydrogens (tertiary/aromatic N) is 1.